The molecule has 78 valence electrons. The van der Waals surface area contributed by atoms with Crippen LogP contribution in [0.25, 0.3) is 0 Å². The quantitative estimate of drug-likeness (QED) is 0.672. The number of nitrogens with two attached hydrogens (primary N) is 1. The van der Waals surface area contributed by atoms with Gasteiger partial charge in [0.25, 0.3) is 0 Å². The Labute approximate surface area is 84.2 Å². The summed E-state index contributed by atoms with van der Waals surface area (Å²) in [5.74, 6) is 0.354. The average molecular weight is 195 g/mol. The summed E-state index contributed by atoms with van der Waals surface area (Å²) in [5, 5.41) is 12.3. The Morgan fingerprint density at radius 1 is 1.57 bits per heavy atom. The van der Waals surface area contributed by atoms with Crippen molar-refractivity contribution in [2.24, 2.45) is 5.92 Å². The molecule has 1 unspecified atom stereocenters. The van der Waals surface area contributed by atoms with E-state index in [1.807, 2.05) is 13.8 Å². The molecule has 0 aromatic carbocycles. The molecular weight excluding hydrogens is 178 g/mol. The van der Waals surface area contributed by atoms with E-state index in [0.717, 1.165) is 5.69 Å². The first-order valence-corrected chi connectivity index (χ1v) is 4.72. The average Bonchev–Trinajstić information content (AvgIpc) is 2.16. The van der Waals surface area contributed by atoms with Crippen LogP contribution in [-0.4, -0.2) is 22.7 Å². The van der Waals surface area contributed by atoms with Gasteiger partial charge in [-0.15, -0.1) is 0 Å². The van der Waals surface area contributed by atoms with Crippen LogP contribution in [0.5, 0.6) is 0 Å². The van der Waals surface area contributed by atoms with Crippen molar-refractivity contribution >= 4 is 11.4 Å². The van der Waals surface area contributed by atoms with E-state index in [9.17, 15) is 0 Å². The maximum absolute atomic E-state index is 9.13. The number of rotatable bonds is 4. The fraction of sp³-hybridized carbons (Fsp3) is 0.500. The van der Waals surface area contributed by atoms with Crippen molar-refractivity contribution in [2.75, 3.05) is 17.7 Å². The van der Waals surface area contributed by atoms with E-state index in [1.165, 1.54) is 0 Å². The number of aliphatic hydroxyl groups excluding tert-OH is 1. The predicted molar refractivity (Wildman–Crippen MR) is 58.0 cm³/mol. The van der Waals surface area contributed by atoms with Crippen molar-refractivity contribution < 1.29 is 5.11 Å². The van der Waals surface area contributed by atoms with Gasteiger partial charge >= 0.3 is 0 Å². The SMILES string of the molecule is CC(C)C(CO)Nc1ccncc1N. The van der Waals surface area contributed by atoms with E-state index in [0.29, 0.717) is 11.6 Å². The molecule has 4 N–H and O–H groups in total. The molecule has 0 aliphatic carbocycles. The van der Waals surface area contributed by atoms with Crippen LogP contribution in [0, 0.1) is 5.92 Å². The molecule has 0 saturated carbocycles. The summed E-state index contributed by atoms with van der Waals surface area (Å²) < 4.78 is 0. The molecule has 0 saturated heterocycles. The summed E-state index contributed by atoms with van der Waals surface area (Å²) in [6, 6.07) is 1.83. The van der Waals surface area contributed by atoms with E-state index < -0.39 is 0 Å². The van der Waals surface area contributed by atoms with Crippen molar-refractivity contribution in [1.29, 1.82) is 0 Å². The third kappa shape index (κ3) is 2.60. The molecule has 1 aromatic heterocycles. The maximum Gasteiger partial charge on any atom is 0.0736 e. The molecule has 14 heavy (non-hydrogen) atoms. The lowest BCUT2D eigenvalue weighted by molar-refractivity contribution is 0.249. The van der Waals surface area contributed by atoms with Gasteiger partial charge in [-0.25, -0.2) is 0 Å². The molecule has 0 aliphatic rings. The first kappa shape index (κ1) is 10.8. The zero-order valence-electron chi connectivity index (χ0n) is 8.57. The Bertz CT molecular complexity index is 288. The summed E-state index contributed by atoms with van der Waals surface area (Å²) in [4.78, 5) is 3.90. The van der Waals surface area contributed by atoms with Crippen LogP contribution in [0.3, 0.4) is 0 Å². The standard InChI is InChI=1S/C10H17N3O/c1-7(2)10(6-14)13-9-3-4-12-5-8(9)11/h3-5,7,10,14H,6,11H2,1-2H3,(H,12,13). The predicted octanol–water partition coefficient (Wildman–Crippen LogP) is 1.09. The number of anilines is 2. The molecule has 1 rings (SSSR count). The van der Waals surface area contributed by atoms with Crippen LogP contribution in [0.15, 0.2) is 18.5 Å². The molecule has 1 atom stereocenters. The summed E-state index contributed by atoms with van der Waals surface area (Å²) in [6.45, 7) is 4.19. The third-order valence-electron chi connectivity index (χ3n) is 2.19. The molecule has 1 heterocycles. The smallest absolute Gasteiger partial charge is 0.0736 e. The number of hydrogen-bond acceptors (Lipinski definition) is 4. The van der Waals surface area contributed by atoms with Crippen LogP contribution in [0.1, 0.15) is 13.8 Å². The minimum absolute atomic E-state index is 0.0275. The Morgan fingerprint density at radius 3 is 2.79 bits per heavy atom. The van der Waals surface area contributed by atoms with Gasteiger partial charge in [-0.05, 0) is 12.0 Å². The zero-order chi connectivity index (χ0) is 10.6. The van der Waals surface area contributed by atoms with Crippen LogP contribution in [-0.2, 0) is 0 Å². The highest BCUT2D eigenvalue weighted by molar-refractivity contribution is 5.64. The molecule has 0 radical (unpaired) electrons. The fourth-order valence-corrected chi connectivity index (χ4v) is 1.16. The largest absolute Gasteiger partial charge is 0.396 e. The van der Waals surface area contributed by atoms with Gasteiger partial charge in [0.05, 0.1) is 30.2 Å². The molecule has 0 amide bonds. The van der Waals surface area contributed by atoms with E-state index in [1.54, 1.807) is 18.5 Å². The van der Waals surface area contributed by atoms with Gasteiger partial charge in [0.2, 0.25) is 0 Å². The molecule has 4 heteroatoms. The number of nitrogens with one attached hydrogen (secondary N) is 1. The normalized spacial score (nSPS) is 12.9. The van der Waals surface area contributed by atoms with Gasteiger partial charge in [-0.2, -0.15) is 0 Å². The summed E-state index contributed by atoms with van der Waals surface area (Å²) in [5.41, 5.74) is 7.15. The Hall–Kier alpha value is -1.29. The minimum Gasteiger partial charge on any atom is -0.396 e. The molecule has 0 spiro atoms. The van der Waals surface area contributed by atoms with Crippen molar-refractivity contribution in [2.45, 2.75) is 19.9 Å². The molecule has 0 fully saturated rings. The van der Waals surface area contributed by atoms with Crippen LogP contribution in [0.4, 0.5) is 11.4 Å². The van der Waals surface area contributed by atoms with Crippen molar-refractivity contribution in [3.05, 3.63) is 18.5 Å². The van der Waals surface area contributed by atoms with Gasteiger partial charge < -0.3 is 16.2 Å². The molecule has 0 bridgehead atoms. The molecule has 0 aliphatic heterocycles. The van der Waals surface area contributed by atoms with E-state index >= 15 is 0 Å². The van der Waals surface area contributed by atoms with Crippen molar-refractivity contribution in [3.63, 3.8) is 0 Å². The number of aliphatic hydroxyl groups is 1. The number of nitrogen functional groups attached to an aromatic ring is 1. The molecule has 1 aromatic rings. The lowest BCUT2D eigenvalue weighted by Crippen LogP contribution is -2.29. The van der Waals surface area contributed by atoms with Gasteiger partial charge in [0.1, 0.15) is 0 Å². The van der Waals surface area contributed by atoms with Gasteiger partial charge in [0, 0.05) is 6.20 Å². The second-order valence-corrected chi connectivity index (χ2v) is 3.64. The van der Waals surface area contributed by atoms with Gasteiger partial charge in [0.15, 0.2) is 0 Å². The summed E-state index contributed by atoms with van der Waals surface area (Å²) in [7, 11) is 0. The minimum atomic E-state index is 0.0275. The first-order valence-electron chi connectivity index (χ1n) is 4.72. The second kappa shape index (κ2) is 4.81. The number of aromatic nitrogens is 1. The highest BCUT2D eigenvalue weighted by Crippen LogP contribution is 2.18. The summed E-state index contributed by atoms with van der Waals surface area (Å²) in [6.07, 6.45) is 3.27. The molecule has 4 nitrogen and oxygen atoms in total. The Morgan fingerprint density at radius 2 is 2.29 bits per heavy atom. The Balaban J connectivity index is 2.72. The highest BCUT2D eigenvalue weighted by Gasteiger charge is 2.12. The topological polar surface area (TPSA) is 71.2 Å². The van der Waals surface area contributed by atoms with Crippen LogP contribution in [0.2, 0.25) is 0 Å². The third-order valence-corrected chi connectivity index (χ3v) is 2.19. The first-order chi connectivity index (χ1) is 6.65. The fourth-order valence-electron chi connectivity index (χ4n) is 1.16. The lowest BCUT2D eigenvalue weighted by Gasteiger charge is -2.21. The van der Waals surface area contributed by atoms with Gasteiger partial charge in [-0.1, -0.05) is 13.8 Å². The monoisotopic (exact) mass is 195 g/mol. The van der Waals surface area contributed by atoms with E-state index in [-0.39, 0.29) is 12.6 Å². The maximum atomic E-state index is 9.13. The van der Waals surface area contributed by atoms with Gasteiger partial charge in [-0.3, -0.25) is 4.98 Å². The van der Waals surface area contributed by atoms with E-state index in [2.05, 4.69) is 10.3 Å². The van der Waals surface area contributed by atoms with Crippen molar-refractivity contribution in [3.8, 4) is 0 Å². The Kier molecular flexibility index (Phi) is 3.71. The highest BCUT2D eigenvalue weighted by atomic mass is 16.3. The summed E-state index contributed by atoms with van der Waals surface area (Å²) >= 11 is 0. The number of hydrogen-bond donors (Lipinski definition) is 3. The van der Waals surface area contributed by atoms with Crippen LogP contribution < -0.4 is 11.1 Å². The molecular formula is C10H17N3O. The van der Waals surface area contributed by atoms with Crippen LogP contribution >= 0.6 is 0 Å². The number of pyridine rings is 1. The lowest BCUT2D eigenvalue weighted by atomic mass is 10.1. The van der Waals surface area contributed by atoms with E-state index in [4.69, 9.17) is 10.8 Å². The second-order valence-electron chi connectivity index (χ2n) is 3.64. The number of nitrogens with zero attached hydrogens (tertiary/aromatic N) is 1. The zero-order valence-corrected chi connectivity index (χ0v) is 8.57. The van der Waals surface area contributed by atoms with Crippen molar-refractivity contribution in [1.82, 2.24) is 4.98 Å².